The van der Waals surface area contributed by atoms with Gasteiger partial charge in [0.15, 0.2) is 7.26 Å². The molecule has 0 N–H and O–H groups in total. The number of unbranched alkanes of at least 4 members (excludes halogenated alkanes) is 1. The Morgan fingerprint density at radius 3 is 1.68 bits per heavy atom. The van der Waals surface area contributed by atoms with E-state index in [0.29, 0.717) is 10.9 Å². The lowest BCUT2D eigenvalue weighted by atomic mass is 10.2. The van der Waals surface area contributed by atoms with Crippen LogP contribution in [0.5, 0.6) is 0 Å². The molecule has 5 rings (SSSR count). The summed E-state index contributed by atoms with van der Waals surface area (Å²) in [5.41, 5.74) is 1.95. The quantitative estimate of drug-likeness (QED) is 0.0694. The number of aromatic nitrogens is 1. The van der Waals surface area contributed by atoms with Crippen LogP contribution in [-0.4, -0.2) is 10.7 Å². The van der Waals surface area contributed by atoms with E-state index in [9.17, 15) is 0 Å². The molecule has 1 aromatic heterocycles. The van der Waals surface area contributed by atoms with E-state index in [4.69, 9.17) is 21.0 Å². The Labute approximate surface area is 246 Å². The minimum atomic E-state index is -2.35. The number of halogens is 2. The van der Waals surface area contributed by atoms with Gasteiger partial charge in [0.1, 0.15) is 15.9 Å². The molecule has 0 aliphatic carbocycles. The molecule has 0 unspecified atom stereocenters. The van der Waals surface area contributed by atoms with Crippen molar-refractivity contribution in [3.63, 3.8) is 0 Å². The third-order valence-corrected chi connectivity index (χ3v) is 11.7. The summed E-state index contributed by atoms with van der Waals surface area (Å²) in [6.45, 7) is 2.22. The number of nitrogens with zero attached hydrogens (tertiary/aromatic N) is 1. The number of oxazole rings is 1. The van der Waals surface area contributed by atoms with Gasteiger partial charge in [-0.3, -0.25) is 0 Å². The average Bonchev–Trinajstić information content (AvgIpc) is 3.36. The number of hydrogen-bond acceptors (Lipinski definition) is 3. The van der Waals surface area contributed by atoms with E-state index in [1.165, 1.54) is 15.9 Å². The average molecular weight is 657 g/mol. The van der Waals surface area contributed by atoms with Gasteiger partial charge < -0.3 is 4.42 Å². The first kappa shape index (κ1) is 27.9. The lowest BCUT2D eigenvalue weighted by molar-refractivity contribution is 0.487. The summed E-state index contributed by atoms with van der Waals surface area (Å²) in [4.78, 5) is 5.31. The van der Waals surface area contributed by atoms with E-state index >= 15 is 0 Å². The second-order valence-electron chi connectivity index (χ2n) is 8.52. The molecule has 37 heavy (non-hydrogen) atoms. The first-order valence-corrected chi connectivity index (χ1v) is 15.3. The Bertz CT molecular complexity index is 1300. The third-order valence-electron chi connectivity index (χ3n) is 6.15. The van der Waals surface area contributed by atoms with Gasteiger partial charge in [0, 0.05) is 16.3 Å². The second-order valence-corrected chi connectivity index (χ2v) is 13.3. The predicted molar refractivity (Wildman–Crippen MR) is 173 cm³/mol. The van der Waals surface area contributed by atoms with Crippen LogP contribution in [0.1, 0.15) is 19.8 Å². The predicted octanol–water partition coefficient (Wildman–Crippen LogP) is 8.12. The normalized spacial score (nSPS) is 11.2. The van der Waals surface area contributed by atoms with Gasteiger partial charge in [0.05, 0.1) is 0 Å². The standard InChI is InChI=1S/C31H28ClNOPS.HI/c1-2-3-23-36-31-30(33-29(34-31)24-19-21-25(32)22-20-24)35(26-13-7-4-8-14-26,27-15-9-5-10-16-27)28-17-11-6-12-18-28;/h4-22H,2-3,23H2,1H3;1H/q+1;. The Hall–Kier alpha value is -2.11. The van der Waals surface area contributed by atoms with Crippen molar-refractivity contribution in [3.8, 4) is 11.5 Å². The number of thioether (sulfide) groups is 1. The topological polar surface area (TPSA) is 26.0 Å². The molecule has 4 aromatic carbocycles. The molecule has 0 atom stereocenters. The van der Waals surface area contributed by atoms with Crippen molar-refractivity contribution >= 4 is 76.0 Å². The Morgan fingerprint density at radius 1 is 0.730 bits per heavy atom. The summed E-state index contributed by atoms with van der Waals surface area (Å²) in [5.74, 6) is 1.62. The van der Waals surface area contributed by atoms with Gasteiger partial charge in [-0.05, 0) is 67.1 Å². The van der Waals surface area contributed by atoms with Crippen LogP contribution in [0.15, 0.2) is 125 Å². The molecule has 5 aromatic rings. The van der Waals surface area contributed by atoms with Gasteiger partial charge in [-0.25, -0.2) is 0 Å². The minimum absolute atomic E-state index is 0. The number of benzene rings is 4. The maximum atomic E-state index is 6.59. The molecule has 6 heteroatoms. The zero-order valence-electron chi connectivity index (χ0n) is 20.6. The van der Waals surface area contributed by atoms with E-state index in [2.05, 4.69) is 97.9 Å². The third kappa shape index (κ3) is 5.83. The van der Waals surface area contributed by atoms with E-state index in [1.54, 1.807) is 11.8 Å². The molecule has 0 spiro atoms. The Kier molecular flexibility index (Phi) is 9.89. The van der Waals surface area contributed by atoms with Gasteiger partial charge in [-0.1, -0.05) is 91.3 Å². The molecule has 0 amide bonds. The highest BCUT2D eigenvalue weighted by Gasteiger charge is 2.52. The lowest BCUT2D eigenvalue weighted by Gasteiger charge is -2.25. The maximum absolute atomic E-state index is 6.59. The maximum Gasteiger partial charge on any atom is 0.251 e. The molecule has 0 aliphatic heterocycles. The zero-order valence-corrected chi connectivity index (χ0v) is 25.4. The molecule has 0 saturated carbocycles. The SMILES string of the molecule is CCCCSc1oc(-c2ccc(Cl)cc2)nc1[P+](c1ccccc1)(c1ccccc1)c1ccccc1.I. The van der Waals surface area contributed by atoms with Crippen LogP contribution in [0.2, 0.25) is 5.02 Å². The molecule has 0 bridgehead atoms. The van der Waals surface area contributed by atoms with Gasteiger partial charge in [0.2, 0.25) is 11.0 Å². The fraction of sp³-hybridized carbons (Fsp3) is 0.129. The van der Waals surface area contributed by atoms with Crippen LogP contribution < -0.4 is 21.3 Å². The Morgan fingerprint density at radius 2 is 1.22 bits per heavy atom. The van der Waals surface area contributed by atoms with Crippen LogP contribution >= 0.6 is 54.6 Å². The van der Waals surface area contributed by atoms with Crippen molar-refractivity contribution < 1.29 is 4.42 Å². The molecule has 0 fully saturated rings. The van der Waals surface area contributed by atoms with Gasteiger partial charge in [-0.2, -0.15) is 4.98 Å². The first-order chi connectivity index (χ1) is 17.7. The second kappa shape index (κ2) is 13.1. The number of rotatable bonds is 9. The monoisotopic (exact) mass is 656 g/mol. The zero-order chi connectivity index (χ0) is 24.8. The summed E-state index contributed by atoms with van der Waals surface area (Å²) in [5, 5.41) is 5.38. The van der Waals surface area contributed by atoms with E-state index in [0.717, 1.165) is 34.7 Å². The molecule has 2 nitrogen and oxygen atoms in total. The lowest BCUT2D eigenvalue weighted by Crippen LogP contribution is -2.40. The van der Waals surface area contributed by atoms with Crippen LogP contribution in [-0.2, 0) is 0 Å². The fourth-order valence-corrected chi connectivity index (χ4v) is 10.1. The smallest absolute Gasteiger partial charge is 0.251 e. The number of hydrogen-bond donors (Lipinski definition) is 0. The first-order valence-electron chi connectivity index (χ1n) is 12.2. The van der Waals surface area contributed by atoms with E-state index < -0.39 is 7.26 Å². The van der Waals surface area contributed by atoms with Crippen molar-refractivity contribution in [2.75, 3.05) is 5.75 Å². The van der Waals surface area contributed by atoms with Crippen molar-refractivity contribution in [2.24, 2.45) is 0 Å². The molecule has 0 saturated heterocycles. The van der Waals surface area contributed by atoms with Crippen molar-refractivity contribution in [1.82, 2.24) is 4.98 Å². The highest BCUT2D eigenvalue weighted by molar-refractivity contribution is 14.0. The molecule has 0 aliphatic rings. The van der Waals surface area contributed by atoms with E-state index in [-0.39, 0.29) is 24.0 Å². The highest BCUT2D eigenvalue weighted by Crippen LogP contribution is 2.56. The molecule has 0 radical (unpaired) electrons. The summed E-state index contributed by atoms with van der Waals surface area (Å²) < 4.78 is 6.59. The van der Waals surface area contributed by atoms with Gasteiger partial charge in [0.25, 0.3) is 5.44 Å². The minimum Gasteiger partial charge on any atom is -0.425 e. The largest absolute Gasteiger partial charge is 0.425 e. The summed E-state index contributed by atoms with van der Waals surface area (Å²) in [7, 11) is -2.35. The Balaban J connectivity index is 0.00000320. The highest BCUT2D eigenvalue weighted by atomic mass is 127. The van der Waals surface area contributed by atoms with Crippen LogP contribution in [0.25, 0.3) is 11.5 Å². The van der Waals surface area contributed by atoms with Crippen molar-refractivity contribution in [2.45, 2.75) is 24.9 Å². The fourth-order valence-electron chi connectivity index (χ4n) is 4.40. The van der Waals surface area contributed by atoms with Crippen LogP contribution in [0.4, 0.5) is 0 Å². The molecular formula is C31H29ClINOPS+. The van der Waals surface area contributed by atoms with Crippen LogP contribution in [0.3, 0.4) is 0 Å². The van der Waals surface area contributed by atoms with Gasteiger partial charge >= 0.3 is 0 Å². The molecular weight excluding hydrogens is 628 g/mol. The molecule has 188 valence electrons. The summed E-state index contributed by atoms with van der Waals surface area (Å²) in [6.07, 6.45) is 2.26. The van der Waals surface area contributed by atoms with Gasteiger partial charge in [-0.15, -0.1) is 24.0 Å². The van der Waals surface area contributed by atoms with Crippen molar-refractivity contribution in [3.05, 3.63) is 120 Å². The molecule has 1 heterocycles. The van der Waals surface area contributed by atoms with Crippen molar-refractivity contribution in [1.29, 1.82) is 0 Å². The summed E-state index contributed by atoms with van der Waals surface area (Å²) >= 11 is 7.96. The summed E-state index contributed by atoms with van der Waals surface area (Å²) in [6, 6.07) is 40.2. The van der Waals surface area contributed by atoms with E-state index in [1.807, 2.05) is 24.3 Å². The van der Waals surface area contributed by atoms with Crippen LogP contribution in [0, 0.1) is 0 Å².